The van der Waals surface area contributed by atoms with E-state index in [1.165, 1.54) is 6.20 Å². The lowest BCUT2D eigenvalue weighted by molar-refractivity contribution is -0.127. The Balaban J connectivity index is 2.40. The molecule has 2 aromatic rings. The molecule has 0 aliphatic heterocycles. The second-order valence-corrected chi connectivity index (χ2v) is 5.41. The zero-order chi connectivity index (χ0) is 15.4. The normalized spacial score (nSPS) is 10.2. The Hall–Kier alpha value is -2.13. The van der Waals surface area contributed by atoms with Crippen LogP contribution in [0.25, 0.3) is 10.9 Å². The van der Waals surface area contributed by atoms with Crippen molar-refractivity contribution in [3.05, 3.63) is 34.4 Å². The summed E-state index contributed by atoms with van der Waals surface area (Å²) in [4.78, 5) is 17.8. The molecule has 2 rings (SSSR count). The fourth-order valence-corrected chi connectivity index (χ4v) is 2.41. The van der Waals surface area contributed by atoms with E-state index in [2.05, 4.69) is 32.3 Å². The van der Waals surface area contributed by atoms with Gasteiger partial charge in [0, 0.05) is 29.6 Å². The molecule has 0 atom stereocenters. The molecular weight excluding hydrogens is 332 g/mol. The van der Waals surface area contributed by atoms with Gasteiger partial charge in [0.25, 0.3) is 0 Å². The van der Waals surface area contributed by atoms with Crippen LogP contribution in [0, 0.1) is 11.3 Å². The van der Waals surface area contributed by atoms with Crippen molar-refractivity contribution < 1.29 is 4.79 Å². The largest absolute Gasteiger partial charge is 0.374 e. The van der Waals surface area contributed by atoms with Gasteiger partial charge in [-0.15, -0.1) is 0 Å². The fourth-order valence-electron chi connectivity index (χ4n) is 1.94. The maximum Gasteiger partial charge on any atom is 0.241 e. The molecule has 0 saturated carbocycles. The predicted octanol–water partition coefficient (Wildman–Crippen LogP) is 2.76. The summed E-state index contributed by atoms with van der Waals surface area (Å²) in [6.07, 6.45) is 1.52. The number of aromatic nitrogens is 1. The Morgan fingerprint density at radius 1 is 1.52 bits per heavy atom. The van der Waals surface area contributed by atoms with Crippen LogP contribution >= 0.6 is 15.9 Å². The number of carbonyl (C=O) groups is 1. The number of para-hydroxylation sites is 1. The molecule has 0 radical (unpaired) electrons. The van der Waals surface area contributed by atoms with Gasteiger partial charge in [-0.3, -0.25) is 9.78 Å². The summed E-state index contributed by atoms with van der Waals surface area (Å²) in [6, 6.07) is 7.75. The Bertz CT molecular complexity index is 723. The predicted molar refractivity (Wildman–Crippen MR) is 86.0 cm³/mol. The third-order valence-corrected chi connectivity index (χ3v) is 3.93. The minimum atomic E-state index is -0.0265. The Morgan fingerprint density at radius 2 is 2.29 bits per heavy atom. The minimum Gasteiger partial charge on any atom is -0.374 e. The number of rotatable bonds is 4. The topological polar surface area (TPSA) is 69.0 Å². The molecule has 1 aromatic carbocycles. The highest BCUT2D eigenvalue weighted by atomic mass is 79.9. The van der Waals surface area contributed by atoms with Crippen molar-refractivity contribution in [1.29, 1.82) is 5.26 Å². The molecule has 0 unspecified atom stereocenters. The number of halogens is 1. The second-order valence-electron chi connectivity index (χ2n) is 4.56. The Kier molecular flexibility index (Phi) is 4.76. The van der Waals surface area contributed by atoms with Crippen LogP contribution in [0.15, 0.2) is 28.9 Å². The van der Waals surface area contributed by atoms with Gasteiger partial charge in [0.2, 0.25) is 5.91 Å². The first-order valence-electron chi connectivity index (χ1n) is 6.53. The smallest absolute Gasteiger partial charge is 0.241 e. The average molecular weight is 347 g/mol. The molecule has 0 fully saturated rings. The molecule has 5 nitrogen and oxygen atoms in total. The Labute approximate surface area is 131 Å². The summed E-state index contributed by atoms with van der Waals surface area (Å²) in [5.41, 5.74) is 1.82. The molecule has 0 bridgehead atoms. The third kappa shape index (κ3) is 3.14. The van der Waals surface area contributed by atoms with E-state index in [4.69, 9.17) is 0 Å². The zero-order valence-electron chi connectivity index (χ0n) is 11.9. The van der Waals surface area contributed by atoms with Crippen LogP contribution in [0.5, 0.6) is 0 Å². The number of hydrogen-bond donors (Lipinski definition) is 1. The highest BCUT2D eigenvalue weighted by Crippen LogP contribution is 2.29. The van der Waals surface area contributed by atoms with Gasteiger partial charge in [-0.25, -0.2) is 0 Å². The van der Waals surface area contributed by atoms with Crippen molar-refractivity contribution in [3.8, 4) is 6.07 Å². The summed E-state index contributed by atoms with van der Waals surface area (Å²) in [5.74, 6) is -0.0265. The number of amides is 1. The van der Waals surface area contributed by atoms with Gasteiger partial charge in [0.15, 0.2) is 0 Å². The summed E-state index contributed by atoms with van der Waals surface area (Å²) >= 11 is 3.44. The van der Waals surface area contributed by atoms with E-state index in [9.17, 15) is 10.1 Å². The van der Waals surface area contributed by atoms with Gasteiger partial charge in [-0.1, -0.05) is 12.1 Å². The third-order valence-electron chi connectivity index (χ3n) is 3.29. The van der Waals surface area contributed by atoms with Gasteiger partial charge in [-0.2, -0.15) is 5.26 Å². The van der Waals surface area contributed by atoms with Crippen molar-refractivity contribution in [1.82, 2.24) is 9.88 Å². The molecule has 0 aliphatic rings. The Morgan fingerprint density at radius 3 is 2.95 bits per heavy atom. The number of likely N-dealkylation sites (N-methyl/N-ethyl adjacent to an activating group) is 1. The maximum atomic E-state index is 11.9. The van der Waals surface area contributed by atoms with Crippen LogP contribution in [-0.4, -0.2) is 35.9 Å². The van der Waals surface area contributed by atoms with Crippen LogP contribution in [0.1, 0.15) is 12.5 Å². The number of nitrogens with zero attached hydrogens (tertiary/aromatic N) is 3. The summed E-state index contributed by atoms with van der Waals surface area (Å²) in [7, 11) is 1.75. The van der Waals surface area contributed by atoms with Crippen molar-refractivity contribution in [2.45, 2.75) is 6.92 Å². The molecule has 1 N–H and O–H groups in total. The average Bonchev–Trinajstić information content (AvgIpc) is 2.51. The highest BCUT2D eigenvalue weighted by molar-refractivity contribution is 9.10. The number of pyridine rings is 1. The van der Waals surface area contributed by atoms with Gasteiger partial charge < -0.3 is 10.2 Å². The van der Waals surface area contributed by atoms with E-state index in [0.717, 1.165) is 15.4 Å². The molecular formula is C15H15BrN4O. The van der Waals surface area contributed by atoms with Crippen molar-refractivity contribution >= 4 is 38.4 Å². The number of carbonyl (C=O) groups excluding carboxylic acids is 1. The number of hydrogen-bond acceptors (Lipinski definition) is 4. The van der Waals surface area contributed by atoms with Gasteiger partial charge in [0.1, 0.15) is 6.07 Å². The lowest BCUT2D eigenvalue weighted by atomic mass is 10.1. The van der Waals surface area contributed by atoms with Crippen LogP contribution in [-0.2, 0) is 4.79 Å². The summed E-state index contributed by atoms with van der Waals surface area (Å²) in [6.45, 7) is 2.70. The maximum absolute atomic E-state index is 11.9. The van der Waals surface area contributed by atoms with Gasteiger partial charge >= 0.3 is 0 Å². The lowest BCUT2D eigenvalue weighted by Crippen LogP contribution is -2.32. The van der Waals surface area contributed by atoms with Crippen LogP contribution in [0.2, 0.25) is 0 Å². The molecule has 0 spiro atoms. The molecule has 21 heavy (non-hydrogen) atoms. The van der Waals surface area contributed by atoms with E-state index >= 15 is 0 Å². The minimum absolute atomic E-state index is 0.0265. The second kappa shape index (κ2) is 6.55. The van der Waals surface area contributed by atoms with Crippen molar-refractivity contribution in [3.63, 3.8) is 0 Å². The van der Waals surface area contributed by atoms with E-state index in [-0.39, 0.29) is 12.5 Å². The zero-order valence-corrected chi connectivity index (χ0v) is 13.4. The lowest BCUT2D eigenvalue weighted by Gasteiger charge is -2.16. The van der Waals surface area contributed by atoms with Crippen LogP contribution in [0.3, 0.4) is 0 Å². The molecule has 108 valence electrons. The first kappa shape index (κ1) is 15.3. The molecule has 0 saturated heterocycles. The number of anilines is 1. The van der Waals surface area contributed by atoms with Crippen LogP contribution < -0.4 is 5.32 Å². The number of fused-ring (bicyclic) bond motifs is 1. The SMILES string of the molecule is CCN(C)C(=O)CNc1c(C#N)cnc2c(Br)cccc12. The van der Waals surface area contributed by atoms with E-state index < -0.39 is 0 Å². The summed E-state index contributed by atoms with van der Waals surface area (Å²) < 4.78 is 0.851. The first-order valence-corrected chi connectivity index (χ1v) is 7.33. The number of benzene rings is 1. The first-order chi connectivity index (χ1) is 10.1. The van der Waals surface area contributed by atoms with Gasteiger partial charge in [0.05, 0.1) is 23.3 Å². The molecule has 0 aliphatic carbocycles. The molecule has 1 amide bonds. The monoisotopic (exact) mass is 346 g/mol. The number of nitriles is 1. The molecule has 1 heterocycles. The van der Waals surface area contributed by atoms with E-state index in [1.54, 1.807) is 11.9 Å². The molecule has 6 heteroatoms. The highest BCUT2D eigenvalue weighted by Gasteiger charge is 2.13. The van der Waals surface area contributed by atoms with Gasteiger partial charge in [-0.05, 0) is 28.9 Å². The van der Waals surface area contributed by atoms with E-state index in [0.29, 0.717) is 17.8 Å². The van der Waals surface area contributed by atoms with Crippen molar-refractivity contribution in [2.75, 3.05) is 25.5 Å². The molecule has 1 aromatic heterocycles. The van der Waals surface area contributed by atoms with E-state index in [1.807, 2.05) is 25.1 Å². The fraction of sp³-hybridized carbons (Fsp3) is 0.267. The van der Waals surface area contributed by atoms with Crippen LogP contribution in [0.4, 0.5) is 5.69 Å². The summed E-state index contributed by atoms with van der Waals surface area (Å²) in [5, 5.41) is 13.1. The standard InChI is InChI=1S/C15H15BrN4O/c1-3-20(2)13(21)9-19-14-10(7-17)8-18-15-11(14)5-4-6-12(15)16/h4-6,8H,3,9H2,1-2H3,(H,18,19). The quantitative estimate of drug-likeness (QED) is 0.923. The van der Waals surface area contributed by atoms with Crippen molar-refractivity contribution in [2.24, 2.45) is 0 Å². The number of nitrogens with one attached hydrogen (secondary N) is 1.